The van der Waals surface area contributed by atoms with Crippen molar-refractivity contribution in [1.29, 1.82) is 0 Å². The molecule has 2 atom stereocenters. The molecular weight excluding hydrogens is 272 g/mol. The summed E-state index contributed by atoms with van der Waals surface area (Å²) in [5.41, 5.74) is 7.04. The average Bonchev–Trinajstić information content (AvgIpc) is 2.33. The summed E-state index contributed by atoms with van der Waals surface area (Å²) in [5, 5.41) is 0. The number of ether oxygens (including phenoxy) is 2. The van der Waals surface area contributed by atoms with Crippen molar-refractivity contribution < 1.29 is 9.47 Å². The number of hydrogen-bond donors (Lipinski definition) is 1. The van der Waals surface area contributed by atoms with Gasteiger partial charge in [-0.2, -0.15) is 0 Å². The predicted molar refractivity (Wildman–Crippen MR) is 64.2 cm³/mol. The number of halogens is 1. The number of rotatable bonds is 3. The Morgan fingerprint density at radius 2 is 2.38 bits per heavy atom. The van der Waals surface area contributed by atoms with Gasteiger partial charge in [0.15, 0.2) is 0 Å². The molecule has 16 heavy (non-hydrogen) atoms. The molecule has 0 radical (unpaired) electrons. The Morgan fingerprint density at radius 1 is 1.50 bits per heavy atom. The van der Waals surface area contributed by atoms with Crippen LogP contribution in [0.1, 0.15) is 5.69 Å². The highest BCUT2D eigenvalue weighted by Crippen LogP contribution is 2.11. The molecule has 0 amide bonds. The summed E-state index contributed by atoms with van der Waals surface area (Å²) in [6, 6.07) is 3.87. The summed E-state index contributed by atoms with van der Waals surface area (Å²) in [7, 11) is 0. The maximum atomic E-state index is 6.06. The van der Waals surface area contributed by atoms with Gasteiger partial charge in [0.25, 0.3) is 0 Å². The second kappa shape index (κ2) is 5.72. The molecule has 5 heteroatoms. The molecule has 1 aromatic heterocycles. The van der Waals surface area contributed by atoms with Gasteiger partial charge in [-0.3, -0.25) is 4.98 Å². The number of nitrogens with two attached hydrogens (primary N) is 1. The van der Waals surface area contributed by atoms with Gasteiger partial charge in [-0.1, -0.05) is 0 Å². The van der Waals surface area contributed by atoms with Gasteiger partial charge in [-0.15, -0.1) is 0 Å². The van der Waals surface area contributed by atoms with Gasteiger partial charge in [-0.05, 0) is 28.1 Å². The average molecular weight is 287 g/mol. The molecule has 1 aromatic rings. The van der Waals surface area contributed by atoms with E-state index in [-0.39, 0.29) is 12.1 Å². The number of aromatic nitrogens is 1. The van der Waals surface area contributed by atoms with Crippen molar-refractivity contribution in [3.63, 3.8) is 0 Å². The first-order valence-corrected chi connectivity index (χ1v) is 6.10. The van der Waals surface area contributed by atoms with Crippen LogP contribution >= 0.6 is 15.9 Å². The zero-order chi connectivity index (χ0) is 11.4. The van der Waals surface area contributed by atoms with Crippen LogP contribution < -0.4 is 5.73 Å². The van der Waals surface area contributed by atoms with Crippen LogP contribution in [0.3, 0.4) is 0 Å². The Hall–Kier alpha value is -0.490. The lowest BCUT2D eigenvalue weighted by molar-refractivity contribution is -0.0968. The lowest BCUT2D eigenvalue weighted by Crippen LogP contribution is -2.44. The molecule has 2 heterocycles. The van der Waals surface area contributed by atoms with Crippen LogP contribution in [0.25, 0.3) is 0 Å². The summed E-state index contributed by atoms with van der Waals surface area (Å²) < 4.78 is 11.8. The maximum absolute atomic E-state index is 6.06. The zero-order valence-corrected chi connectivity index (χ0v) is 10.5. The lowest BCUT2D eigenvalue weighted by Gasteiger charge is -2.27. The molecule has 2 unspecified atom stereocenters. The Kier molecular flexibility index (Phi) is 4.29. The number of pyridine rings is 1. The first-order chi connectivity index (χ1) is 7.75. The van der Waals surface area contributed by atoms with E-state index in [0.717, 1.165) is 10.2 Å². The summed E-state index contributed by atoms with van der Waals surface area (Å²) >= 11 is 3.35. The van der Waals surface area contributed by atoms with Gasteiger partial charge in [0, 0.05) is 28.8 Å². The molecular formula is C11H15BrN2O2. The lowest BCUT2D eigenvalue weighted by atomic mass is 10.1. The minimum Gasteiger partial charge on any atom is -0.376 e. The molecule has 2 rings (SSSR count). The van der Waals surface area contributed by atoms with Crippen LogP contribution in [0, 0.1) is 0 Å². The summed E-state index contributed by atoms with van der Waals surface area (Å²) in [6.45, 7) is 1.88. The van der Waals surface area contributed by atoms with E-state index in [9.17, 15) is 0 Å². The molecule has 1 aliphatic rings. The molecule has 0 spiro atoms. The van der Waals surface area contributed by atoms with Crippen LogP contribution in [0.4, 0.5) is 0 Å². The number of hydrogen-bond acceptors (Lipinski definition) is 4. The van der Waals surface area contributed by atoms with Crippen molar-refractivity contribution in [2.75, 3.05) is 19.8 Å². The van der Waals surface area contributed by atoms with E-state index in [1.807, 2.05) is 12.1 Å². The van der Waals surface area contributed by atoms with E-state index in [2.05, 4.69) is 20.9 Å². The highest BCUT2D eigenvalue weighted by atomic mass is 79.9. The molecule has 1 aliphatic heterocycles. The monoisotopic (exact) mass is 286 g/mol. The van der Waals surface area contributed by atoms with Crippen LogP contribution in [0.5, 0.6) is 0 Å². The van der Waals surface area contributed by atoms with Crippen LogP contribution in [-0.2, 0) is 15.9 Å². The first-order valence-electron chi connectivity index (χ1n) is 5.31. The minimum absolute atomic E-state index is 0.0146. The van der Waals surface area contributed by atoms with Crippen LogP contribution in [0.2, 0.25) is 0 Å². The van der Waals surface area contributed by atoms with E-state index >= 15 is 0 Å². The highest BCUT2D eigenvalue weighted by molar-refractivity contribution is 9.10. The van der Waals surface area contributed by atoms with Crippen molar-refractivity contribution in [1.82, 2.24) is 4.98 Å². The minimum atomic E-state index is -0.0611. The molecule has 0 saturated carbocycles. The SMILES string of the molecule is NC(Cc1ccc(Br)cn1)C1COCCO1. The zero-order valence-electron chi connectivity index (χ0n) is 8.93. The van der Waals surface area contributed by atoms with Gasteiger partial charge < -0.3 is 15.2 Å². The van der Waals surface area contributed by atoms with Crippen LogP contribution in [0.15, 0.2) is 22.8 Å². The van der Waals surface area contributed by atoms with Gasteiger partial charge in [0.05, 0.1) is 25.9 Å². The molecule has 0 bridgehead atoms. The number of nitrogens with zero attached hydrogens (tertiary/aromatic N) is 1. The van der Waals surface area contributed by atoms with Gasteiger partial charge in [-0.25, -0.2) is 0 Å². The molecule has 88 valence electrons. The highest BCUT2D eigenvalue weighted by Gasteiger charge is 2.22. The summed E-state index contributed by atoms with van der Waals surface area (Å²) in [4.78, 5) is 4.29. The Bertz CT molecular complexity index is 325. The molecule has 1 saturated heterocycles. The molecule has 1 fully saturated rings. The third-order valence-corrected chi connectivity index (χ3v) is 3.02. The van der Waals surface area contributed by atoms with Crippen molar-refractivity contribution in [2.24, 2.45) is 5.73 Å². The third-order valence-electron chi connectivity index (χ3n) is 2.55. The van der Waals surface area contributed by atoms with E-state index in [1.165, 1.54) is 0 Å². The molecule has 4 nitrogen and oxygen atoms in total. The Labute approximate surface area is 103 Å². The van der Waals surface area contributed by atoms with Crippen molar-refractivity contribution >= 4 is 15.9 Å². The Balaban J connectivity index is 1.90. The van der Waals surface area contributed by atoms with Gasteiger partial charge in [0.1, 0.15) is 0 Å². The second-order valence-corrected chi connectivity index (χ2v) is 4.74. The quantitative estimate of drug-likeness (QED) is 0.905. The fourth-order valence-corrected chi connectivity index (χ4v) is 1.89. The van der Waals surface area contributed by atoms with Crippen LogP contribution in [-0.4, -0.2) is 37.0 Å². The molecule has 0 aromatic carbocycles. The second-order valence-electron chi connectivity index (χ2n) is 3.82. The standard InChI is InChI=1S/C11H15BrN2O2/c12-8-1-2-9(14-6-8)5-10(13)11-7-15-3-4-16-11/h1-2,6,10-11H,3-5,7,13H2. The van der Waals surface area contributed by atoms with Gasteiger partial charge in [0.2, 0.25) is 0 Å². The van der Waals surface area contributed by atoms with E-state index in [4.69, 9.17) is 15.2 Å². The summed E-state index contributed by atoms with van der Waals surface area (Å²) in [5.74, 6) is 0. The topological polar surface area (TPSA) is 57.4 Å². The predicted octanol–water partition coefficient (Wildman–Crippen LogP) is 1.13. The summed E-state index contributed by atoms with van der Waals surface area (Å²) in [6.07, 6.45) is 2.47. The molecule has 0 aliphatic carbocycles. The smallest absolute Gasteiger partial charge is 0.0963 e. The van der Waals surface area contributed by atoms with E-state index < -0.39 is 0 Å². The van der Waals surface area contributed by atoms with Gasteiger partial charge >= 0.3 is 0 Å². The van der Waals surface area contributed by atoms with Crippen molar-refractivity contribution in [2.45, 2.75) is 18.6 Å². The van der Waals surface area contributed by atoms with Crippen molar-refractivity contribution in [3.8, 4) is 0 Å². The van der Waals surface area contributed by atoms with E-state index in [1.54, 1.807) is 6.20 Å². The van der Waals surface area contributed by atoms with E-state index in [0.29, 0.717) is 26.2 Å². The molecule has 2 N–H and O–H groups in total. The van der Waals surface area contributed by atoms with Crippen molar-refractivity contribution in [3.05, 3.63) is 28.5 Å². The fourth-order valence-electron chi connectivity index (χ4n) is 1.65. The largest absolute Gasteiger partial charge is 0.376 e. The third kappa shape index (κ3) is 3.25. The fraction of sp³-hybridized carbons (Fsp3) is 0.545. The normalized spacial score (nSPS) is 23.0. The first kappa shape index (κ1) is 12.0. The Morgan fingerprint density at radius 3 is 3.00 bits per heavy atom. The maximum Gasteiger partial charge on any atom is 0.0963 e.